The molecule has 1 heterocycles. The number of sulfonamides is 1. The minimum atomic E-state index is -3.58. The zero-order valence-corrected chi connectivity index (χ0v) is 17.6. The third kappa shape index (κ3) is 4.69. The Morgan fingerprint density at radius 1 is 1.20 bits per heavy atom. The summed E-state index contributed by atoms with van der Waals surface area (Å²) in [4.78, 5) is 14.4. The van der Waals surface area contributed by atoms with Crippen molar-refractivity contribution >= 4 is 43.2 Å². The first-order valence-corrected chi connectivity index (χ1v) is 11.0. The normalized spacial score (nSPS) is 11.7. The molecule has 0 aliphatic carbocycles. The second-order valence-electron chi connectivity index (χ2n) is 5.54. The summed E-state index contributed by atoms with van der Waals surface area (Å²) in [5.41, 5.74) is 1.39. The highest BCUT2D eigenvalue weighted by atomic mass is 79.9. The van der Waals surface area contributed by atoms with E-state index in [1.165, 1.54) is 16.4 Å². The van der Waals surface area contributed by atoms with Gasteiger partial charge in [0, 0.05) is 32.2 Å². The van der Waals surface area contributed by atoms with Gasteiger partial charge in [0.1, 0.15) is 0 Å². The summed E-state index contributed by atoms with van der Waals surface area (Å²) < 4.78 is 27.6. The molecule has 0 radical (unpaired) electrons. The predicted molar refractivity (Wildman–Crippen MR) is 104 cm³/mol. The van der Waals surface area contributed by atoms with Gasteiger partial charge in [0.05, 0.1) is 8.68 Å². The zero-order chi connectivity index (χ0) is 18.6. The number of carbonyl (C=O) groups excluding carboxylic acids is 1. The van der Waals surface area contributed by atoms with Gasteiger partial charge in [-0.1, -0.05) is 19.9 Å². The van der Waals surface area contributed by atoms with Gasteiger partial charge < -0.3 is 4.90 Å². The van der Waals surface area contributed by atoms with Crippen LogP contribution in [0.2, 0.25) is 0 Å². The van der Waals surface area contributed by atoms with Crippen molar-refractivity contribution in [3.8, 4) is 0 Å². The van der Waals surface area contributed by atoms with Crippen LogP contribution in [0.1, 0.15) is 29.8 Å². The lowest BCUT2D eigenvalue weighted by Gasteiger charge is -2.20. The summed E-state index contributed by atoms with van der Waals surface area (Å²) in [5, 5.41) is 1.98. The standard InChI is InChI=1S/C17H21BrN2O3S2/c1-4-20(5-2)25(22,23)15-8-6-7-14(10-15)17(21)19(3)11-13-9-16(18)24-12-13/h6-10,12H,4-5,11H2,1-3H3. The van der Waals surface area contributed by atoms with E-state index in [1.54, 1.807) is 49.3 Å². The summed E-state index contributed by atoms with van der Waals surface area (Å²) in [6.45, 7) is 4.84. The van der Waals surface area contributed by atoms with Crippen LogP contribution in [0.3, 0.4) is 0 Å². The van der Waals surface area contributed by atoms with Gasteiger partial charge in [-0.05, 0) is 51.1 Å². The number of nitrogens with zero attached hydrogens (tertiary/aromatic N) is 2. The lowest BCUT2D eigenvalue weighted by molar-refractivity contribution is 0.0785. The lowest BCUT2D eigenvalue weighted by atomic mass is 10.2. The molecule has 0 fully saturated rings. The minimum Gasteiger partial charge on any atom is -0.337 e. The molecule has 8 heteroatoms. The Labute approximate surface area is 161 Å². The maximum absolute atomic E-state index is 12.7. The molecule has 25 heavy (non-hydrogen) atoms. The van der Waals surface area contributed by atoms with E-state index in [0.717, 1.165) is 9.35 Å². The SMILES string of the molecule is CCN(CC)S(=O)(=O)c1cccc(C(=O)N(C)Cc2csc(Br)c2)c1. The monoisotopic (exact) mass is 444 g/mol. The number of hydrogen-bond donors (Lipinski definition) is 0. The van der Waals surface area contributed by atoms with Crippen molar-refractivity contribution in [1.82, 2.24) is 9.21 Å². The lowest BCUT2D eigenvalue weighted by Crippen LogP contribution is -2.31. The van der Waals surface area contributed by atoms with Crippen molar-refractivity contribution < 1.29 is 13.2 Å². The molecule has 2 rings (SSSR count). The van der Waals surface area contributed by atoms with E-state index < -0.39 is 10.0 Å². The summed E-state index contributed by atoms with van der Waals surface area (Å²) in [5.74, 6) is -0.209. The Morgan fingerprint density at radius 3 is 2.44 bits per heavy atom. The molecule has 0 unspecified atom stereocenters. The Kier molecular flexibility index (Phi) is 6.79. The van der Waals surface area contributed by atoms with Crippen LogP contribution in [-0.4, -0.2) is 43.7 Å². The maximum atomic E-state index is 12.7. The molecule has 1 aromatic heterocycles. The van der Waals surface area contributed by atoms with Gasteiger partial charge in [-0.15, -0.1) is 11.3 Å². The highest BCUT2D eigenvalue weighted by molar-refractivity contribution is 9.11. The first-order valence-electron chi connectivity index (χ1n) is 7.88. The van der Waals surface area contributed by atoms with Gasteiger partial charge in [0.2, 0.25) is 10.0 Å². The maximum Gasteiger partial charge on any atom is 0.253 e. The zero-order valence-electron chi connectivity index (χ0n) is 14.4. The van der Waals surface area contributed by atoms with Crippen LogP contribution in [0.5, 0.6) is 0 Å². The number of amides is 1. The minimum absolute atomic E-state index is 0.147. The quantitative estimate of drug-likeness (QED) is 0.651. The van der Waals surface area contributed by atoms with Gasteiger partial charge in [-0.3, -0.25) is 4.79 Å². The van der Waals surface area contributed by atoms with Gasteiger partial charge >= 0.3 is 0 Å². The molecule has 1 aromatic carbocycles. The van der Waals surface area contributed by atoms with E-state index >= 15 is 0 Å². The number of halogens is 1. The fourth-order valence-corrected chi connectivity index (χ4v) is 5.20. The predicted octanol–water partition coefficient (Wildman–Crippen LogP) is 3.81. The van der Waals surface area contributed by atoms with Crippen molar-refractivity contribution in [2.24, 2.45) is 0 Å². The summed E-state index contributed by atoms with van der Waals surface area (Å²) >= 11 is 4.97. The van der Waals surface area contributed by atoms with Crippen LogP contribution in [0.25, 0.3) is 0 Å². The molecule has 136 valence electrons. The molecule has 5 nitrogen and oxygen atoms in total. The molecular weight excluding hydrogens is 424 g/mol. The number of carbonyl (C=O) groups is 1. The van der Waals surface area contributed by atoms with Crippen molar-refractivity contribution in [2.75, 3.05) is 20.1 Å². The van der Waals surface area contributed by atoms with E-state index in [-0.39, 0.29) is 10.8 Å². The Balaban J connectivity index is 2.24. The number of thiophene rings is 1. The van der Waals surface area contributed by atoms with Gasteiger partial charge in [0.25, 0.3) is 5.91 Å². The molecule has 0 N–H and O–H groups in total. The third-order valence-electron chi connectivity index (χ3n) is 3.81. The summed E-state index contributed by atoms with van der Waals surface area (Å²) in [7, 11) is -1.87. The van der Waals surface area contributed by atoms with Gasteiger partial charge in [-0.2, -0.15) is 4.31 Å². The molecule has 0 bridgehead atoms. The Morgan fingerprint density at radius 2 is 1.88 bits per heavy atom. The summed E-state index contributed by atoms with van der Waals surface area (Å²) in [6.07, 6.45) is 0. The number of benzene rings is 1. The highest BCUT2D eigenvalue weighted by Crippen LogP contribution is 2.22. The topological polar surface area (TPSA) is 57.7 Å². The number of rotatable bonds is 7. The Bertz CT molecular complexity index is 845. The first-order chi connectivity index (χ1) is 11.8. The van der Waals surface area contributed by atoms with Crippen molar-refractivity contribution in [3.63, 3.8) is 0 Å². The molecule has 0 aliphatic rings. The first kappa shape index (κ1) is 20.1. The average molecular weight is 445 g/mol. The van der Waals surface area contributed by atoms with Crippen LogP contribution in [0, 0.1) is 0 Å². The van der Waals surface area contributed by atoms with E-state index in [2.05, 4.69) is 15.9 Å². The van der Waals surface area contributed by atoms with E-state index in [9.17, 15) is 13.2 Å². The molecular formula is C17H21BrN2O3S2. The van der Waals surface area contributed by atoms with Gasteiger partial charge in [-0.25, -0.2) is 8.42 Å². The van der Waals surface area contributed by atoms with Crippen LogP contribution in [0.15, 0.2) is 44.4 Å². The van der Waals surface area contributed by atoms with Crippen LogP contribution < -0.4 is 0 Å². The fraction of sp³-hybridized carbons (Fsp3) is 0.353. The van der Waals surface area contributed by atoms with Crippen molar-refractivity contribution in [2.45, 2.75) is 25.3 Å². The van der Waals surface area contributed by atoms with E-state index in [1.807, 2.05) is 11.4 Å². The molecule has 0 atom stereocenters. The molecule has 0 saturated carbocycles. The molecule has 2 aromatic rings. The second kappa shape index (κ2) is 8.44. The Hall–Kier alpha value is -1.22. The van der Waals surface area contributed by atoms with E-state index in [0.29, 0.717) is 25.2 Å². The largest absolute Gasteiger partial charge is 0.337 e. The van der Waals surface area contributed by atoms with E-state index in [4.69, 9.17) is 0 Å². The van der Waals surface area contributed by atoms with Crippen LogP contribution in [-0.2, 0) is 16.6 Å². The van der Waals surface area contributed by atoms with Crippen LogP contribution in [0.4, 0.5) is 0 Å². The third-order valence-corrected chi connectivity index (χ3v) is 7.41. The summed E-state index contributed by atoms with van der Waals surface area (Å²) in [6, 6.07) is 8.20. The molecule has 0 saturated heterocycles. The van der Waals surface area contributed by atoms with Crippen molar-refractivity contribution in [1.29, 1.82) is 0 Å². The molecule has 1 amide bonds. The average Bonchev–Trinajstić information content (AvgIpc) is 3.00. The highest BCUT2D eigenvalue weighted by Gasteiger charge is 2.23. The van der Waals surface area contributed by atoms with Crippen LogP contribution >= 0.6 is 27.3 Å². The second-order valence-corrected chi connectivity index (χ2v) is 9.77. The fourth-order valence-electron chi connectivity index (χ4n) is 2.50. The van der Waals surface area contributed by atoms with Crippen molar-refractivity contribution in [3.05, 3.63) is 50.6 Å². The van der Waals surface area contributed by atoms with Gasteiger partial charge in [0.15, 0.2) is 0 Å². The molecule has 0 spiro atoms. The molecule has 0 aliphatic heterocycles. The number of hydrogen-bond acceptors (Lipinski definition) is 4. The smallest absolute Gasteiger partial charge is 0.253 e.